The molecule has 0 saturated heterocycles. The van der Waals surface area contributed by atoms with E-state index in [9.17, 15) is 23.1 Å². The summed E-state index contributed by atoms with van der Waals surface area (Å²) >= 11 is 1.45. The van der Waals surface area contributed by atoms with Gasteiger partial charge < -0.3 is 21.1 Å². The number of aromatic nitrogens is 1. The Morgan fingerprint density at radius 2 is 1.94 bits per heavy atom. The molecule has 0 bridgehead atoms. The molecule has 1 aromatic carbocycles. The fraction of sp³-hybridized carbons (Fsp3) is 0.190. The minimum Gasteiger partial charge on any atom is -0.478 e. The van der Waals surface area contributed by atoms with Gasteiger partial charge >= 0.3 is 16.2 Å². The smallest absolute Gasteiger partial charge is 0.338 e. The molecule has 5 N–H and O–H groups in total. The number of carboxylic acid groups (broad SMARTS) is 1. The molecule has 3 aromatic rings. The number of carbonyl (C=O) groups is 2. The summed E-state index contributed by atoms with van der Waals surface area (Å²) in [5, 5.41) is 16.7. The lowest BCUT2D eigenvalue weighted by molar-refractivity contribution is -0.119. The predicted molar refractivity (Wildman–Crippen MR) is 129 cm³/mol. The third-order valence-electron chi connectivity index (χ3n) is 5.33. The van der Waals surface area contributed by atoms with Crippen LogP contribution < -0.4 is 20.7 Å². The van der Waals surface area contributed by atoms with Crippen molar-refractivity contribution in [3.63, 3.8) is 0 Å². The van der Waals surface area contributed by atoms with Gasteiger partial charge in [-0.1, -0.05) is 12.1 Å². The van der Waals surface area contributed by atoms with Gasteiger partial charge in [-0.15, -0.1) is 0 Å². The number of carboxylic acids is 1. The van der Waals surface area contributed by atoms with Crippen molar-refractivity contribution in [1.82, 2.24) is 9.29 Å². The maximum atomic E-state index is 12.8. The molecule has 0 radical (unpaired) electrons. The number of nitrogens with two attached hydrogens (primary N) is 1. The van der Waals surface area contributed by atoms with Gasteiger partial charge in [0.1, 0.15) is 12.2 Å². The van der Waals surface area contributed by atoms with Gasteiger partial charge in [0.15, 0.2) is 5.82 Å². The first kappa shape index (κ1) is 23.5. The summed E-state index contributed by atoms with van der Waals surface area (Å²) in [5.74, 6) is -1.57. The number of hydrogen-bond donors (Lipinski definition) is 4. The van der Waals surface area contributed by atoms with Crippen molar-refractivity contribution in [2.75, 3.05) is 29.0 Å². The maximum absolute atomic E-state index is 12.8. The van der Waals surface area contributed by atoms with E-state index in [2.05, 4.69) is 15.0 Å². The SMILES string of the molecule is CN(C)S(=O)(=O)Nc1ccc(C(C(N)=O)N2c3c(C(=O)O)ccnc3NC2c2ccsc2)cc1. The zero-order chi connectivity index (χ0) is 24.6. The molecule has 0 fully saturated rings. The standard InChI is InChI=1S/C21H22N6O5S2/c1-26(2)34(31,32)25-14-5-3-12(4-6-14)16(18(22)28)27-17-15(21(29)30)7-9-23-19(17)24-20(27)13-8-10-33-11-13/h3-11,16,20,25H,1-2H3,(H2,22,28)(H,23,24)(H,29,30). The first-order chi connectivity index (χ1) is 16.1. The van der Waals surface area contributed by atoms with Crippen molar-refractivity contribution in [2.45, 2.75) is 12.2 Å². The van der Waals surface area contributed by atoms with Gasteiger partial charge in [-0.2, -0.15) is 24.1 Å². The Kier molecular flexibility index (Phi) is 6.17. The Morgan fingerprint density at radius 3 is 2.50 bits per heavy atom. The number of anilines is 3. The van der Waals surface area contributed by atoms with Crippen LogP contribution >= 0.6 is 11.3 Å². The average molecular weight is 503 g/mol. The van der Waals surface area contributed by atoms with Gasteiger partial charge in [-0.3, -0.25) is 9.52 Å². The van der Waals surface area contributed by atoms with E-state index in [1.807, 2.05) is 16.8 Å². The van der Waals surface area contributed by atoms with Crippen LogP contribution in [0.5, 0.6) is 0 Å². The molecule has 178 valence electrons. The molecular weight excluding hydrogens is 480 g/mol. The molecule has 1 aliphatic rings. The van der Waals surface area contributed by atoms with Crippen molar-refractivity contribution in [3.8, 4) is 0 Å². The third-order valence-corrected chi connectivity index (χ3v) is 7.48. The van der Waals surface area contributed by atoms with Crippen molar-refractivity contribution >= 4 is 50.6 Å². The second kappa shape index (κ2) is 8.93. The van der Waals surface area contributed by atoms with Crippen LogP contribution in [0.1, 0.15) is 33.7 Å². The zero-order valence-electron chi connectivity index (χ0n) is 18.2. The number of pyridine rings is 1. The lowest BCUT2D eigenvalue weighted by Gasteiger charge is -2.33. The van der Waals surface area contributed by atoms with E-state index < -0.39 is 34.3 Å². The number of nitrogens with one attached hydrogen (secondary N) is 2. The van der Waals surface area contributed by atoms with Crippen LogP contribution in [-0.4, -0.2) is 48.8 Å². The van der Waals surface area contributed by atoms with Crippen LogP contribution in [0.3, 0.4) is 0 Å². The minimum absolute atomic E-state index is 0.0307. The minimum atomic E-state index is -3.71. The normalized spacial score (nSPS) is 16.1. The summed E-state index contributed by atoms with van der Waals surface area (Å²) in [5.41, 5.74) is 7.60. The van der Waals surface area contributed by atoms with E-state index in [-0.39, 0.29) is 11.3 Å². The Balaban J connectivity index is 1.80. The third kappa shape index (κ3) is 4.27. The number of aromatic carboxylic acids is 1. The number of hydrogen-bond acceptors (Lipinski definition) is 8. The van der Waals surface area contributed by atoms with Gasteiger partial charge in [-0.05, 0) is 40.6 Å². The first-order valence-electron chi connectivity index (χ1n) is 9.99. The molecule has 11 nitrogen and oxygen atoms in total. The van der Waals surface area contributed by atoms with Crippen LogP contribution in [0.2, 0.25) is 0 Å². The van der Waals surface area contributed by atoms with E-state index in [1.54, 1.807) is 17.0 Å². The van der Waals surface area contributed by atoms with E-state index in [0.29, 0.717) is 17.1 Å². The molecular formula is C21H22N6O5S2. The highest BCUT2D eigenvalue weighted by molar-refractivity contribution is 7.90. The summed E-state index contributed by atoms with van der Waals surface area (Å²) < 4.78 is 27.7. The Labute approximate surface area is 200 Å². The highest BCUT2D eigenvalue weighted by Crippen LogP contribution is 2.47. The van der Waals surface area contributed by atoms with Gasteiger partial charge in [0.25, 0.3) is 0 Å². The first-order valence-corrected chi connectivity index (χ1v) is 12.4. The number of fused-ring (bicyclic) bond motifs is 1. The van der Waals surface area contributed by atoms with Crippen LogP contribution in [-0.2, 0) is 15.0 Å². The van der Waals surface area contributed by atoms with E-state index in [0.717, 1.165) is 9.87 Å². The van der Waals surface area contributed by atoms with Crippen LogP contribution in [0.15, 0.2) is 53.4 Å². The summed E-state index contributed by atoms with van der Waals surface area (Å²) in [7, 11) is -0.913. The van der Waals surface area contributed by atoms with Crippen molar-refractivity contribution in [1.29, 1.82) is 0 Å². The number of benzene rings is 1. The Morgan fingerprint density at radius 1 is 1.24 bits per heavy atom. The topological polar surface area (TPSA) is 158 Å². The molecule has 4 rings (SSSR count). The summed E-state index contributed by atoms with van der Waals surface area (Å²) in [4.78, 5) is 30.6. The molecule has 2 unspecified atom stereocenters. The molecule has 0 aliphatic carbocycles. The number of amides is 1. The zero-order valence-corrected chi connectivity index (χ0v) is 19.8. The van der Waals surface area contributed by atoms with Crippen molar-refractivity contribution in [2.24, 2.45) is 5.73 Å². The van der Waals surface area contributed by atoms with Crippen LogP contribution in [0.4, 0.5) is 17.2 Å². The summed E-state index contributed by atoms with van der Waals surface area (Å²) in [6.07, 6.45) is 0.785. The number of thiophene rings is 1. The molecule has 1 aliphatic heterocycles. The highest BCUT2D eigenvalue weighted by atomic mass is 32.2. The molecule has 2 aromatic heterocycles. The molecule has 2 atom stereocenters. The summed E-state index contributed by atoms with van der Waals surface area (Å²) in [6, 6.07) is 8.32. The number of rotatable bonds is 8. The fourth-order valence-corrected chi connectivity index (χ4v) is 5.01. The Bertz CT molecular complexity index is 1330. The number of nitrogens with zero attached hydrogens (tertiary/aromatic N) is 3. The molecule has 3 heterocycles. The molecule has 13 heteroatoms. The van der Waals surface area contributed by atoms with Crippen LogP contribution in [0, 0.1) is 0 Å². The maximum Gasteiger partial charge on any atom is 0.338 e. The van der Waals surface area contributed by atoms with E-state index in [4.69, 9.17) is 5.73 Å². The number of carbonyl (C=O) groups excluding carboxylic acids is 1. The van der Waals surface area contributed by atoms with Gasteiger partial charge in [0.2, 0.25) is 5.91 Å². The quantitative estimate of drug-likeness (QED) is 0.365. The van der Waals surface area contributed by atoms with Crippen molar-refractivity contribution in [3.05, 3.63) is 70.0 Å². The Hall–Kier alpha value is -3.68. The average Bonchev–Trinajstić information content (AvgIpc) is 3.42. The second-order valence-electron chi connectivity index (χ2n) is 7.69. The van der Waals surface area contributed by atoms with Gasteiger partial charge in [0.05, 0.1) is 11.3 Å². The monoisotopic (exact) mass is 502 g/mol. The van der Waals surface area contributed by atoms with Gasteiger partial charge in [0, 0.05) is 31.5 Å². The van der Waals surface area contributed by atoms with E-state index >= 15 is 0 Å². The number of primary amides is 1. The molecule has 1 amide bonds. The fourth-order valence-electron chi connectivity index (χ4n) is 3.71. The van der Waals surface area contributed by atoms with Gasteiger partial charge in [-0.25, -0.2) is 9.78 Å². The highest BCUT2D eigenvalue weighted by Gasteiger charge is 2.41. The molecule has 0 saturated carbocycles. The lowest BCUT2D eigenvalue weighted by Crippen LogP contribution is -2.40. The second-order valence-corrected chi connectivity index (χ2v) is 10.4. The molecule has 0 spiro atoms. The predicted octanol–water partition coefficient (Wildman–Crippen LogP) is 2.22. The summed E-state index contributed by atoms with van der Waals surface area (Å²) in [6.45, 7) is 0. The van der Waals surface area contributed by atoms with E-state index in [1.165, 1.54) is 49.8 Å². The van der Waals surface area contributed by atoms with Crippen LogP contribution in [0.25, 0.3) is 0 Å². The molecule has 34 heavy (non-hydrogen) atoms. The lowest BCUT2D eigenvalue weighted by atomic mass is 10.0. The van der Waals surface area contributed by atoms with Crippen molar-refractivity contribution < 1.29 is 23.1 Å². The largest absolute Gasteiger partial charge is 0.478 e.